The van der Waals surface area contributed by atoms with Gasteiger partial charge < -0.3 is 4.57 Å². The lowest BCUT2D eigenvalue weighted by atomic mass is 9.94. The predicted octanol–water partition coefficient (Wildman–Crippen LogP) is 4.93. The van der Waals surface area contributed by atoms with Gasteiger partial charge in [-0.15, -0.1) is 11.6 Å². The number of aromatic nitrogens is 2. The molecule has 0 N–H and O–H groups in total. The summed E-state index contributed by atoms with van der Waals surface area (Å²) >= 11 is 8.14. The number of thioether (sulfide) groups is 1. The summed E-state index contributed by atoms with van der Waals surface area (Å²) in [5.41, 5.74) is 3.63. The van der Waals surface area contributed by atoms with Gasteiger partial charge in [0.1, 0.15) is 5.82 Å². The fourth-order valence-corrected chi connectivity index (χ4v) is 4.23. The molecule has 3 rings (SSSR count). The number of aryl methyl sites for hydroxylation is 1. The lowest BCUT2D eigenvalue weighted by Crippen LogP contribution is -2.20. The zero-order chi connectivity index (χ0) is 14.1. The van der Waals surface area contributed by atoms with Crippen molar-refractivity contribution in [1.29, 1.82) is 0 Å². The highest BCUT2D eigenvalue weighted by atomic mass is 35.5. The van der Waals surface area contributed by atoms with Gasteiger partial charge in [-0.25, -0.2) is 4.98 Å². The van der Waals surface area contributed by atoms with E-state index in [9.17, 15) is 0 Å². The summed E-state index contributed by atoms with van der Waals surface area (Å²) in [5.74, 6) is 1.52. The van der Waals surface area contributed by atoms with Gasteiger partial charge in [0.05, 0.1) is 16.9 Å². The summed E-state index contributed by atoms with van der Waals surface area (Å²) in [4.78, 5) is 4.71. The van der Waals surface area contributed by atoms with Gasteiger partial charge in [0.25, 0.3) is 0 Å². The lowest BCUT2D eigenvalue weighted by Gasteiger charge is -2.29. The Kier molecular flexibility index (Phi) is 4.27. The molecule has 0 radical (unpaired) electrons. The van der Waals surface area contributed by atoms with Gasteiger partial charge >= 0.3 is 0 Å². The first-order chi connectivity index (χ1) is 9.72. The summed E-state index contributed by atoms with van der Waals surface area (Å²) in [7, 11) is 0. The highest BCUT2D eigenvalue weighted by Gasteiger charge is 2.25. The Morgan fingerprint density at radius 1 is 1.30 bits per heavy atom. The van der Waals surface area contributed by atoms with Gasteiger partial charge in [-0.05, 0) is 56.6 Å². The SMILES string of the molecule is CSC1CCC(n2c(CCl)nc3ccc(C)cc32)CC1. The summed E-state index contributed by atoms with van der Waals surface area (Å²) in [6, 6.07) is 7.06. The Morgan fingerprint density at radius 3 is 2.70 bits per heavy atom. The number of hydrogen-bond donors (Lipinski definition) is 0. The van der Waals surface area contributed by atoms with E-state index in [0.717, 1.165) is 16.6 Å². The number of nitrogens with zero attached hydrogens (tertiary/aromatic N) is 2. The van der Waals surface area contributed by atoms with E-state index in [1.807, 2.05) is 11.8 Å². The van der Waals surface area contributed by atoms with E-state index in [-0.39, 0.29) is 0 Å². The molecule has 0 unspecified atom stereocenters. The molecule has 0 aliphatic heterocycles. The average molecular weight is 309 g/mol. The molecule has 1 saturated carbocycles. The Balaban J connectivity index is 1.99. The molecule has 108 valence electrons. The molecule has 1 fully saturated rings. The van der Waals surface area contributed by atoms with E-state index in [0.29, 0.717) is 11.9 Å². The summed E-state index contributed by atoms with van der Waals surface area (Å²) in [6.07, 6.45) is 7.33. The van der Waals surface area contributed by atoms with E-state index in [1.54, 1.807) is 0 Å². The van der Waals surface area contributed by atoms with Crippen LogP contribution in [0.15, 0.2) is 18.2 Å². The van der Waals surface area contributed by atoms with Crippen molar-refractivity contribution in [3.63, 3.8) is 0 Å². The Labute approximate surface area is 129 Å². The maximum absolute atomic E-state index is 6.13. The molecule has 1 aliphatic carbocycles. The first-order valence-electron chi connectivity index (χ1n) is 7.29. The summed E-state index contributed by atoms with van der Waals surface area (Å²) in [6.45, 7) is 2.14. The van der Waals surface area contributed by atoms with E-state index >= 15 is 0 Å². The third kappa shape index (κ3) is 2.58. The Morgan fingerprint density at radius 2 is 2.05 bits per heavy atom. The van der Waals surface area contributed by atoms with Gasteiger partial charge in [0.15, 0.2) is 0 Å². The van der Waals surface area contributed by atoms with Crippen LogP contribution in [0, 0.1) is 6.92 Å². The second kappa shape index (κ2) is 5.98. The predicted molar refractivity (Wildman–Crippen MR) is 88.8 cm³/mol. The van der Waals surface area contributed by atoms with Crippen LogP contribution >= 0.6 is 23.4 Å². The number of fused-ring (bicyclic) bond motifs is 1. The lowest BCUT2D eigenvalue weighted by molar-refractivity contribution is 0.361. The van der Waals surface area contributed by atoms with E-state index < -0.39 is 0 Å². The largest absolute Gasteiger partial charge is 0.324 e. The maximum Gasteiger partial charge on any atom is 0.125 e. The van der Waals surface area contributed by atoms with Crippen molar-refractivity contribution in [3.05, 3.63) is 29.6 Å². The molecule has 0 spiro atoms. The fourth-order valence-electron chi connectivity index (χ4n) is 3.29. The fraction of sp³-hybridized carbons (Fsp3) is 0.562. The second-order valence-electron chi connectivity index (χ2n) is 5.69. The van der Waals surface area contributed by atoms with Crippen LogP contribution in [0.1, 0.15) is 43.1 Å². The maximum atomic E-state index is 6.13. The zero-order valence-corrected chi connectivity index (χ0v) is 13.7. The number of imidazole rings is 1. The van der Waals surface area contributed by atoms with Crippen molar-refractivity contribution in [2.24, 2.45) is 0 Å². The molecular weight excluding hydrogens is 288 g/mol. The van der Waals surface area contributed by atoms with Gasteiger partial charge in [0.2, 0.25) is 0 Å². The average Bonchev–Trinajstić information content (AvgIpc) is 2.85. The summed E-state index contributed by atoms with van der Waals surface area (Å²) in [5, 5.41) is 0.835. The molecule has 20 heavy (non-hydrogen) atoms. The van der Waals surface area contributed by atoms with Crippen LogP contribution in [-0.4, -0.2) is 21.1 Å². The monoisotopic (exact) mass is 308 g/mol. The third-order valence-corrected chi connectivity index (χ3v) is 5.76. The highest BCUT2D eigenvalue weighted by Crippen LogP contribution is 2.36. The number of alkyl halides is 1. The number of halogens is 1. The Hall–Kier alpha value is -0.670. The second-order valence-corrected chi connectivity index (χ2v) is 7.10. The smallest absolute Gasteiger partial charge is 0.125 e. The van der Waals surface area contributed by atoms with Gasteiger partial charge in [-0.3, -0.25) is 0 Å². The molecule has 4 heteroatoms. The van der Waals surface area contributed by atoms with Crippen LogP contribution in [0.3, 0.4) is 0 Å². The molecule has 0 atom stereocenters. The van der Waals surface area contributed by atoms with Crippen molar-refractivity contribution in [2.45, 2.75) is 49.8 Å². The van der Waals surface area contributed by atoms with Crippen LogP contribution < -0.4 is 0 Å². The van der Waals surface area contributed by atoms with Gasteiger partial charge in [-0.1, -0.05) is 6.07 Å². The first-order valence-corrected chi connectivity index (χ1v) is 9.11. The standard InChI is InChI=1S/C16H21ClN2S/c1-11-3-8-14-15(9-11)19(16(10-17)18-14)12-4-6-13(20-2)7-5-12/h3,8-9,12-13H,4-7,10H2,1-2H3. The van der Waals surface area contributed by atoms with Crippen LogP contribution in [0.5, 0.6) is 0 Å². The molecule has 1 heterocycles. The van der Waals surface area contributed by atoms with Crippen molar-refractivity contribution in [2.75, 3.05) is 6.26 Å². The molecule has 0 bridgehead atoms. The molecule has 1 aliphatic rings. The number of hydrogen-bond acceptors (Lipinski definition) is 2. The molecule has 1 aromatic heterocycles. The minimum absolute atomic E-state index is 0.496. The molecule has 0 amide bonds. The van der Waals surface area contributed by atoms with E-state index in [1.165, 1.54) is 36.8 Å². The van der Waals surface area contributed by atoms with Crippen molar-refractivity contribution in [1.82, 2.24) is 9.55 Å². The van der Waals surface area contributed by atoms with E-state index in [4.69, 9.17) is 16.6 Å². The molecular formula is C16H21ClN2S. The first kappa shape index (κ1) is 14.3. The van der Waals surface area contributed by atoms with Crippen molar-refractivity contribution >= 4 is 34.4 Å². The zero-order valence-electron chi connectivity index (χ0n) is 12.1. The molecule has 2 nitrogen and oxygen atoms in total. The van der Waals surface area contributed by atoms with Gasteiger partial charge in [0, 0.05) is 11.3 Å². The van der Waals surface area contributed by atoms with Crippen LogP contribution in [0.25, 0.3) is 11.0 Å². The highest BCUT2D eigenvalue weighted by molar-refractivity contribution is 7.99. The van der Waals surface area contributed by atoms with Crippen LogP contribution in [-0.2, 0) is 5.88 Å². The molecule has 1 aromatic carbocycles. The van der Waals surface area contributed by atoms with Crippen molar-refractivity contribution < 1.29 is 0 Å². The normalized spacial score (nSPS) is 23.4. The summed E-state index contributed by atoms with van der Waals surface area (Å²) < 4.78 is 2.41. The third-order valence-electron chi connectivity index (χ3n) is 4.38. The van der Waals surface area contributed by atoms with Gasteiger partial charge in [-0.2, -0.15) is 11.8 Å². The number of benzene rings is 1. The van der Waals surface area contributed by atoms with E-state index in [2.05, 4.69) is 35.9 Å². The molecule has 2 aromatic rings. The van der Waals surface area contributed by atoms with Crippen molar-refractivity contribution in [3.8, 4) is 0 Å². The number of rotatable bonds is 3. The quantitative estimate of drug-likeness (QED) is 0.748. The van der Waals surface area contributed by atoms with Crippen LogP contribution in [0.4, 0.5) is 0 Å². The molecule has 0 saturated heterocycles. The minimum atomic E-state index is 0.496. The minimum Gasteiger partial charge on any atom is -0.324 e. The topological polar surface area (TPSA) is 17.8 Å². The van der Waals surface area contributed by atoms with Crippen LogP contribution in [0.2, 0.25) is 0 Å². The Bertz CT molecular complexity index is 600.